The van der Waals surface area contributed by atoms with Crippen LogP contribution in [0.25, 0.3) is 10.9 Å². The lowest BCUT2D eigenvalue weighted by Crippen LogP contribution is -2.13. The zero-order valence-electron chi connectivity index (χ0n) is 9.04. The van der Waals surface area contributed by atoms with Gasteiger partial charge in [-0.3, -0.25) is 4.98 Å². The van der Waals surface area contributed by atoms with Crippen molar-refractivity contribution in [2.45, 2.75) is 13.8 Å². The van der Waals surface area contributed by atoms with Crippen LogP contribution >= 0.6 is 28.1 Å². The highest BCUT2D eigenvalue weighted by atomic mass is 79.9. The molecule has 0 aliphatic heterocycles. The van der Waals surface area contributed by atoms with Crippen molar-refractivity contribution in [1.29, 1.82) is 0 Å². The first-order chi connectivity index (χ1) is 7.50. The Bertz CT molecular complexity index is 593. The smallest absolute Gasteiger partial charge is 0.105 e. The van der Waals surface area contributed by atoms with Crippen molar-refractivity contribution in [3.05, 3.63) is 39.5 Å². The van der Waals surface area contributed by atoms with Gasteiger partial charge in [-0.15, -0.1) is 0 Å². The average Bonchev–Trinajstić information content (AvgIpc) is 2.20. The third kappa shape index (κ3) is 1.83. The molecule has 0 spiro atoms. The molecule has 0 fully saturated rings. The van der Waals surface area contributed by atoms with Crippen LogP contribution in [0.3, 0.4) is 0 Å². The molecule has 0 aliphatic carbocycles. The van der Waals surface area contributed by atoms with Crippen molar-refractivity contribution in [2.75, 3.05) is 0 Å². The van der Waals surface area contributed by atoms with Crippen LogP contribution < -0.4 is 5.73 Å². The van der Waals surface area contributed by atoms with Gasteiger partial charge in [0.25, 0.3) is 0 Å². The van der Waals surface area contributed by atoms with E-state index in [0.717, 1.165) is 32.2 Å². The van der Waals surface area contributed by atoms with Crippen LogP contribution in [0.2, 0.25) is 0 Å². The second-order valence-electron chi connectivity index (χ2n) is 3.72. The van der Waals surface area contributed by atoms with Gasteiger partial charge in [-0.2, -0.15) is 0 Å². The third-order valence-electron chi connectivity index (χ3n) is 2.68. The van der Waals surface area contributed by atoms with E-state index in [0.29, 0.717) is 4.99 Å². The van der Waals surface area contributed by atoms with Gasteiger partial charge in [0.2, 0.25) is 0 Å². The molecule has 1 heterocycles. The van der Waals surface area contributed by atoms with Crippen molar-refractivity contribution < 1.29 is 0 Å². The number of hydrogen-bond donors (Lipinski definition) is 1. The van der Waals surface area contributed by atoms with E-state index in [1.165, 1.54) is 0 Å². The summed E-state index contributed by atoms with van der Waals surface area (Å²) in [6.45, 7) is 3.97. The summed E-state index contributed by atoms with van der Waals surface area (Å²) in [5.74, 6) is 0. The molecule has 2 N–H and O–H groups in total. The van der Waals surface area contributed by atoms with Gasteiger partial charge in [0.15, 0.2) is 0 Å². The number of halogens is 1. The molecule has 0 saturated heterocycles. The fourth-order valence-corrected chi connectivity index (χ4v) is 2.40. The van der Waals surface area contributed by atoms with Crippen LogP contribution in [0.5, 0.6) is 0 Å². The quantitative estimate of drug-likeness (QED) is 0.821. The number of nitrogens with two attached hydrogens (primary N) is 1. The summed E-state index contributed by atoms with van der Waals surface area (Å²) >= 11 is 8.56. The Kier molecular flexibility index (Phi) is 2.95. The molecule has 1 aromatic heterocycles. The average molecular weight is 295 g/mol. The monoisotopic (exact) mass is 294 g/mol. The van der Waals surface area contributed by atoms with E-state index in [-0.39, 0.29) is 0 Å². The van der Waals surface area contributed by atoms with E-state index in [4.69, 9.17) is 18.0 Å². The summed E-state index contributed by atoms with van der Waals surface area (Å²) in [4.78, 5) is 4.95. The van der Waals surface area contributed by atoms with Gasteiger partial charge in [-0.25, -0.2) is 0 Å². The van der Waals surface area contributed by atoms with Crippen LogP contribution in [0.1, 0.15) is 16.8 Å². The highest BCUT2D eigenvalue weighted by molar-refractivity contribution is 9.10. The molecule has 0 amide bonds. The van der Waals surface area contributed by atoms with E-state index in [1.54, 1.807) is 0 Å². The molecule has 0 atom stereocenters. The van der Waals surface area contributed by atoms with Gasteiger partial charge in [0.1, 0.15) is 4.99 Å². The molecule has 4 heteroatoms. The minimum Gasteiger partial charge on any atom is -0.389 e. The lowest BCUT2D eigenvalue weighted by Gasteiger charge is -2.11. The molecule has 0 aliphatic rings. The Balaban J connectivity index is 2.96. The van der Waals surface area contributed by atoms with Crippen molar-refractivity contribution >= 4 is 44.0 Å². The Morgan fingerprint density at radius 1 is 1.38 bits per heavy atom. The number of rotatable bonds is 1. The predicted octanol–water partition coefficient (Wildman–Crippen LogP) is 3.25. The van der Waals surface area contributed by atoms with E-state index in [1.807, 2.05) is 32.0 Å². The Hall–Kier alpha value is -1.00. The van der Waals surface area contributed by atoms with Crippen molar-refractivity contribution in [1.82, 2.24) is 4.98 Å². The third-order valence-corrected chi connectivity index (χ3v) is 3.38. The Morgan fingerprint density at radius 2 is 2.06 bits per heavy atom. The summed E-state index contributed by atoms with van der Waals surface area (Å²) in [6.07, 6.45) is 0. The standard InChI is InChI=1S/C12H11BrN2S/c1-6-7(2)15-10-4-3-8(13)5-9(10)11(6)12(14)16/h3-5H,1-2H3,(H2,14,16). The van der Waals surface area contributed by atoms with Gasteiger partial charge >= 0.3 is 0 Å². The van der Waals surface area contributed by atoms with Crippen LogP contribution in [-0.4, -0.2) is 9.97 Å². The molecular weight excluding hydrogens is 284 g/mol. The lowest BCUT2D eigenvalue weighted by molar-refractivity contribution is 1.19. The molecule has 0 radical (unpaired) electrons. The van der Waals surface area contributed by atoms with Gasteiger partial charge in [0, 0.05) is 21.1 Å². The van der Waals surface area contributed by atoms with E-state index >= 15 is 0 Å². The molecule has 2 rings (SSSR count). The topological polar surface area (TPSA) is 38.9 Å². The number of benzene rings is 1. The van der Waals surface area contributed by atoms with Crippen LogP contribution in [0.15, 0.2) is 22.7 Å². The minimum absolute atomic E-state index is 0.422. The summed E-state index contributed by atoms with van der Waals surface area (Å²) < 4.78 is 1.00. The Morgan fingerprint density at radius 3 is 2.69 bits per heavy atom. The first-order valence-corrected chi connectivity index (χ1v) is 6.07. The molecule has 0 bridgehead atoms. The molecular formula is C12H11BrN2S. The van der Waals surface area contributed by atoms with Gasteiger partial charge in [-0.05, 0) is 37.6 Å². The number of aromatic nitrogens is 1. The second kappa shape index (κ2) is 4.11. The summed E-state index contributed by atoms with van der Waals surface area (Å²) in [5.41, 5.74) is 9.67. The number of thiocarbonyl (C=S) groups is 1. The first-order valence-electron chi connectivity index (χ1n) is 4.87. The fraction of sp³-hybridized carbons (Fsp3) is 0.167. The molecule has 0 saturated carbocycles. The van der Waals surface area contributed by atoms with Gasteiger partial charge in [-0.1, -0.05) is 28.1 Å². The van der Waals surface area contributed by atoms with Gasteiger partial charge in [0.05, 0.1) is 5.52 Å². The number of nitrogens with zero attached hydrogens (tertiary/aromatic N) is 1. The highest BCUT2D eigenvalue weighted by Gasteiger charge is 2.11. The molecule has 1 aromatic carbocycles. The van der Waals surface area contributed by atoms with Crippen molar-refractivity contribution in [3.8, 4) is 0 Å². The first kappa shape index (κ1) is 11.5. The van der Waals surface area contributed by atoms with Crippen molar-refractivity contribution in [2.24, 2.45) is 5.73 Å². The van der Waals surface area contributed by atoms with Crippen LogP contribution in [0.4, 0.5) is 0 Å². The highest BCUT2D eigenvalue weighted by Crippen LogP contribution is 2.25. The molecule has 16 heavy (non-hydrogen) atoms. The number of pyridine rings is 1. The fourth-order valence-electron chi connectivity index (χ4n) is 1.77. The maximum Gasteiger partial charge on any atom is 0.105 e. The number of fused-ring (bicyclic) bond motifs is 1. The largest absolute Gasteiger partial charge is 0.389 e. The van der Waals surface area contributed by atoms with Crippen LogP contribution in [-0.2, 0) is 0 Å². The maximum absolute atomic E-state index is 5.79. The molecule has 82 valence electrons. The lowest BCUT2D eigenvalue weighted by atomic mass is 10.0. The van der Waals surface area contributed by atoms with Crippen molar-refractivity contribution in [3.63, 3.8) is 0 Å². The normalized spacial score (nSPS) is 10.7. The number of hydrogen-bond acceptors (Lipinski definition) is 2. The minimum atomic E-state index is 0.422. The zero-order chi connectivity index (χ0) is 11.9. The van der Waals surface area contributed by atoms with E-state index in [2.05, 4.69) is 20.9 Å². The number of aryl methyl sites for hydroxylation is 1. The van der Waals surface area contributed by atoms with Crippen LogP contribution in [0, 0.1) is 13.8 Å². The Labute approximate surface area is 108 Å². The second-order valence-corrected chi connectivity index (χ2v) is 5.08. The SMILES string of the molecule is Cc1nc2ccc(Br)cc2c(C(N)=S)c1C. The summed E-state index contributed by atoms with van der Waals surface area (Å²) in [7, 11) is 0. The summed E-state index contributed by atoms with van der Waals surface area (Å²) in [5, 5.41) is 1.00. The molecule has 2 nitrogen and oxygen atoms in total. The molecule has 0 unspecified atom stereocenters. The maximum atomic E-state index is 5.79. The van der Waals surface area contributed by atoms with E-state index < -0.39 is 0 Å². The molecule has 2 aromatic rings. The van der Waals surface area contributed by atoms with E-state index in [9.17, 15) is 0 Å². The zero-order valence-corrected chi connectivity index (χ0v) is 11.4. The van der Waals surface area contributed by atoms with Gasteiger partial charge < -0.3 is 5.73 Å². The predicted molar refractivity (Wildman–Crippen MR) is 74.8 cm³/mol. The summed E-state index contributed by atoms with van der Waals surface area (Å²) in [6, 6.07) is 5.93.